The van der Waals surface area contributed by atoms with Crippen LogP contribution in [0.5, 0.6) is 0 Å². The summed E-state index contributed by atoms with van der Waals surface area (Å²) in [5.74, 6) is -0.290. The second-order valence-corrected chi connectivity index (χ2v) is 4.66. The van der Waals surface area contributed by atoms with E-state index in [1.807, 2.05) is 6.92 Å². The minimum Gasteiger partial charge on any atom is -0.460 e. The summed E-state index contributed by atoms with van der Waals surface area (Å²) >= 11 is 5.82. The molecule has 120 valence electrons. The summed E-state index contributed by atoms with van der Waals surface area (Å²) in [4.78, 5) is 24.3. The molecule has 0 aliphatic heterocycles. The molecular weight excluding hydrogens is 329 g/mol. The van der Waals surface area contributed by atoms with E-state index in [2.05, 4.69) is 15.0 Å². The first-order chi connectivity index (χ1) is 10.1. The van der Waals surface area contributed by atoms with E-state index in [-0.39, 0.29) is 30.1 Å². The highest BCUT2D eigenvalue weighted by atomic mass is 35.5. The number of halogens is 2. The van der Waals surface area contributed by atoms with E-state index < -0.39 is 5.97 Å². The summed E-state index contributed by atoms with van der Waals surface area (Å²) in [5.41, 5.74) is 7.49. The van der Waals surface area contributed by atoms with Crippen molar-refractivity contribution in [2.45, 2.75) is 20.4 Å². The molecule has 0 radical (unpaired) electrons. The first kappa shape index (κ1) is 18.3. The number of carbonyl (C=O) groups is 1. The molecule has 0 aliphatic carbocycles. The Labute approximate surface area is 139 Å². The number of hydrogen-bond acceptors (Lipinski definition) is 6. The normalized spacial score (nSPS) is 10.2. The Morgan fingerprint density at radius 3 is 2.82 bits per heavy atom. The van der Waals surface area contributed by atoms with E-state index in [1.165, 1.54) is 0 Å². The molecule has 0 amide bonds. The van der Waals surface area contributed by atoms with Crippen LogP contribution in [0.25, 0.3) is 11.4 Å². The van der Waals surface area contributed by atoms with Gasteiger partial charge in [-0.25, -0.2) is 19.7 Å². The summed E-state index contributed by atoms with van der Waals surface area (Å²) in [6.07, 6.45) is 3.32. The topological polar surface area (TPSA) is 95.9 Å². The number of nitrogens with two attached hydrogens (primary N) is 1. The van der Waals surface area contributed by atoms with E-state index in [9.17, 15) is 4.79 Å². The van der Waals surface area contributed by atoms with Crippen molar-refractivity contribution in [3.05, 3.63) is 29.1 Å². The summed E-state index contributed by atoms with van der Waals surface area (Å²) in [6.45, 7) is 4.70. The van der Waals surface area contributed by atoms with Crippen LogP contribution >= 0.6 is 24.0 Å². The first-order valence-electron chi connectivity index (χ1n) is 6.50. The second kappa shape index (κ2) is 8.07. The minimum atomic E-state index is -0.491. The average Bonchev–Trinajstić information content (AvgIpc) is 2.86. The van der Waals surface area contributed by atoms with E-state index >= 15 is 0 Å². The van der Waals surface area contributed by atoms with Gasteiger partial charge in [-0.15, -0.1) is 12.4 Å². The zero-order valence-corrected chi connectivity index (χ0v) is 13.8. The van der Waals surface area contributed by atoms with Gasteiger partial charge in [0.15, 0.2) is 0 Å². The number of rotatable bonds is 5. The molecule has 0 spiro atoms. The summed E-state index contributed by atoms with van der Waals surface area (Å²) in [7, 11) is 0. The maximum Gasteiger partial charge on any atom is 0.374 e. The van der Waals surface area contributed by atoms with Gasteiger partial charge >= 0.3 is 5.97 Å². The van der Waals surface area contributed by atoms with Gasteiger partial charge in [-0.3, -0.25) is 0 Å². The van der Waals surface area contributed by atoms with Crippen molar-refractivity contribution in [3.63, 3.8) is 0 Å². The van der Waals surface area contributed by atoms with Crippen molar-refractivity contribution in [1.82, 2.24) is 19.5 Å². The van der Waals surface area contributed by atoms with Crippen LogP contribution in [0.2, 0.25) is 5.28 Å². The molecule has 22 heavy (non-hydrogen) atoms. The van der Waals surface area contributed by atoms with Crippen LogP contribution in [0.4, 0.5) is 0 Å². The SMILES string of the molecule is CCOC(=O)c1nc(-c2nc(Cl)ncc2C)cn1CCN.Cl. The van der Waals surface area contributed by atoms with E-state index in [4.69, 9.17) is 22.1 Å². The van der Waals surface area contributed by atoms with Crippen LogP contribution in [0.15, 0.2) is 12.4 Å². The van der Waals surface area contributed by atoms with Crippen LogP contribution in [-0.4, -0.2) is 38.6 Å². The Morgan fingerprint density at radius 1 is 1.45 bits per heavy atom. The Morgan fingerprint density at radius 2 is 2.18 bits per heavy atom. The van der Waals surface area contributed by atoms with E-state index in [1.54, 1.807) is 23.9 Å². The lowest BCUT2D eigenvalue weighted by atomic mass is 10.2. The van der Waals surface area contributed by atoms with E-state index in [0.29, 0.717) is 24.5 Å². The zero-order chi connectivity index (χ0) is 15.4. The molecule has 0 aliphatic rings. The number of ether oxygens (including phenoxy) is 1. The highest BCUT2D eigenvalue weighted by molar-refractivity contribution is 6.28. The van der Waals surface area contributed by atoms with Gasteiger partial charge in [-0.1, -0.05) is 0 Å². The Hall–Kier alpha value is -1.70. The molecule has 2 heterocycles. The molecular formula is C13H17Cl2N5O2. The third-order valence-corrected chi connectivity index (χ3v) is 2.97. The lowest BCUT2D eigenvalue weighted by Crippen LogP contribution is -2.17. The van der Waals surface area contributed by atoms with Crippen molar-refractivity contribution in [2.75, 3.05) is 13.2 Å². The van der Waals surface area contributed by atoms with Crippen molar-refractivity contribution in [3.8, 4) is 11.4 Å². The maximum atomic E-state index is 11.9. The largest absolute Gasteiger partial charge is 0.460 e. The molecule has 0 saturated heterocycles. The number of carbonyl (C=O) groups excluding carboxylic acids is 1. The number of nitrogens with zero attached hydrogens (tertiary/aromatic N) is 4. The molecule has 0 unspecified atom stereocenters. The van der Waals surface area contributed by atoms with Crippen LogP contribution in [0.1, 0.15) is 23.1 Å². The minimum absolute atomic E-state index is 0. The monoisotopic (exact) mass is 345 g/mol. The quantitative estimate of drug-likeness (QED) is 0.656. The molecule has 7 nitrogen and oxygen atoms in total. The Kier molecular flexibility index (Phi) is 6.73. The smallest absolute Gasteiger partial charge is 0.374 e. The molecule has 0 saturated carbocycles. The predicted octanol–water partition coefficient (Wildman–Crippen LogP) is 1.86. The maximum absolute atomic E-state index is 11.9. The lowest BCUT2D eigenvalue weighted by Gasteiger charge is -2.04. The number of esters is 1. The van der Waals surface area contributed by atoms with Crippen molar-refractivity contribution < 1.29 is 9.53 Å². The highest BCUT2D eigenvalue weighted by Gasteiger charge is 2.19. The molecule has 0 aromatic carbocycles. The van der Waals surface area contributed by atoms with Crippen LogP contribution in [0.3, 0.4) is 0 Å². The van der Waals surface area contributed by atoms with Gasteiger partial charge in [0.2, 0.25) is 11.1 Å². The van der Waals surface area contributed by atoms with Gasteiger partial charge in [-0.2, -0.15) is 0 Å². The fraction of sp³-hybridized carbons (Fsp3) is 0.385. The molecule has 2 N–H and O–H groups in total. The molecule has 2 aromatic heterocycles. The third kappa shape index (κ3) is 3.94. The third-order valence-electron chi connectivity index (χ3n) is 2.79. The fourth-order valence-electron chi connectivity index (χ4n) is 1.88. The molecule has 2 rings (SSSR count). The Bertz CT molecular complexity index is 660. The molecule has 0 atom stereocenters. The first-order valence-corrected chi connectivity index (χ1v) is 6.88. The van der Waals surface area contributed by atoms with Gasteiger partial charge < -0.3 is 15.0 Å². The average molecular weight is 346 g/mol. The standard InChI is InChI=1S/C13H16ClN5O2.ClH/c1-3-21-12(20)11-17-9(7-19(11)5-4-15)10-8(2)6-16-13(14)18-10;/h6-7H,3-5,15H2,1-2H3;1H. The zero-order valence-electron chi connectivity index (χ0n) is 12.2. The van der Waals surface area contributed by atoms with Gasteiger partial charge in [-0.05, 0) is 31.0 Å². The van der Waals surface area contributed by atoms with Crippen LogP contribution < -0.4 is 5.73 Å². The van der Waals surface area contributed by atoms with Gasteiger partial charge in [0.05, 0.1) is 12.3 Å². The molecule has 0 bridgehead atoms. The Balaban J connectivity index is 0.00000242. The van der Waals surface area contributed by atoms with Crippen LogP contribution in [-0.2, 0) is 11.3 Å². The van der Waals surface area contributed by atoms with E-state index in [0.717, 1.165) is 5.56 Å². The molecule has 9 heteroatoms. The summed E-state index contributed by atoms with van der Waals surface area (Å²) in [6, 6.07) is 0. The number of aromatic nitrogens is 4. The van der Waals surface area contributed by atoms with Gasteiger partial charge in [0, 0.05) is 25.5 Å². The molecule has 2 aromatic rings. The van der Waals surface area contributed by atoms with Crippen LogP contribution in [0, 0.1) is 6.92 Å². The fourth-order valence-corrected chi connectivity index (χ4v) is 2.01. The highest BCUT2D eigenvalue weighted by Crippen LogP contribution is 2.21. The van der Waals surface area contributed by atoms with Gasteiger partial charge in [0.1, 0.15) is 5.69 Å². The molecule has 0 fully saturated rings. The van der Waals surface area contributed by atoms with Crippen molar-refractivity contribution in [2.24, 2.45) is 5.73 Å². The number of hydrogen-bond donors (Lipinski definition) is 1. The number of aryl methyl sites for hydroxylation is 1. The van der Waals surface area contributed by atoms with Crippen molar-refractivity contribution >= 4 is 30.0 Å². The predicted molar refractivity (Wildman–Crippen MR) is 85.3 cm³/mol. The van der Waals surface area contributed by atoms with Crippen molar-refractivity contribution in [1.29, 1.82) is 0 Å². The summed E-state index contributed by atoms with van der Waals surface area (Å²) < 4.78 is 6.65. The summed E-state index contributed by atoms with van der Waals surface area (Å²) in [5, 5.41) is 0.127. The lowest BCUT2D eigenvalue weighted by molar-refractivity contribution is 0.0506. The number of imidazole rings is 1. The van der Waals surface area contributed by atoms with Gasteiger partial charge in [0.25, 0.3) is 0 Å². The second-order valence-electron chi connectivity index (χ2n) is 4.32.